The van der Waals surface area contributed by atoms with Crippen molar-refractivity contribution in [3.63, 3.8) is 0 Å². The van der Waals surface area contributed by atoms with Crippen LogP contribution < -0.4 is 5.32 Å². The molecule has 7 nitrogen and oxygen atoms in total. The summed E-state index contributed by atoms with van der Waals surface area (Å²) >= 11 is 6.00. The van der Waals surface area contributed by atoms with Gasteiger partial charge < -0.3 is 14.1 Å². The van der Waals surface area contributed by atoms with Gasteiger partial charge in [0, 0.05) is 37.4 Å². The van der Waals surface area contributed by atoms with Crippen molar-refractivity contribution in [3.8, 4) is 0 Å². The highest BCUT2D eigenvalue weighted by Gasteiger charge is 2.41. The smallest absolute Gasteiger partial charge is 0.416 e. The van der Waals surface area contributed by atoms with E-state index in [1.165, 1.54) is 12.1 Å². The Kier molecular flexibility index (Phi) is 7.10. The molecular formula is C28H25ClFN3O4. The van der Waals surface area contributed by atoms with E-state index >= 15 is 0 Å². The summed E-state index contributed by atoms with van der Waals surface area (Å²) in [5.74, 6) is -0.284. The maximum Gasteiger partial charge on any atom is 0.416 e. The van der Waals surface area contributed by atoms with Crippen LogP contribution in [0.5, 0.6) is 0 Å². The van der Waals surface area contributed by atoms with Gasteiger partial charge in [-0.05, 0) is 47.9 Å². The maximum atomic E-state index is 13.1. The molecule has 190 valence electrons. The Morgan fingerprint density at radius 1 is 1.05 bits per heavy atom. The lowest BCUT2D eigenvalue weighted by Crippen LogP contribution is -2.47. The number of ether oxygens (including phenoxy) is 1. The fourth-order valence-corrected chi connectivity index (χ4v) is 4.78. The van der Waals surface area contributed by atoms with Gasteiger partial charge in [0.05, 0.1) is 0 Å². The number of aromatic nitrogens is 1. The molecule has 9 heteroatoms. The Morgan fingerprint density at radius 2 is 1.78 bits per heavy atom. The van der Waals surface area contributed by atoms with E-state index in [2.05, 4.69) is 10.3 Å². The van der Waals surface area contributed by atoms with E-state index in [1.54, 1.807) is 35.2 Å². The van der Waals surface area contributed by atoms with E-state index in [0.717, 1.165) is 11.1 Å². The van der Waals surface area contributed by atoms with Crippen molar-refractivity contribution < 1.29 is 23.1 Å². The van der Waals surface area contributed by atoms with Crippen molar-refractivity contribution in [1.82, 2.24) is 9.88 Å². The Morgan fingerprint density at radius 3 is 2.51 bits per heavy atom. The molecular weight excluding hydrogens is 497 g/mol. The molecule has 0 aliphatic carbocycles. The molecule has 0 bridgehead atoms. The van der Waals surface area contributed by atoms with Gasteiger partial charge >= 0.3 is 12.1 Å². The van der Waals surface area contributed by atoms with Crippen molar-refractivity contribution in [2.75, 3.05) is 18.4 Å². The number of carbonyl (C=O) groups is 2. The number of hydrogen-bond acceptors (Lipinski definition) is 5. The summed E-state index contributed by atoms with van der Waals surface area (Å²) < 4.78 is 24.7. The predicted molar refractivity (Wildman–Crippen MR) is 138 cm³/mol. The number of amides is 2. The molecule has 3 aromatic carbocycles. The fraction of sp³-hybridized carbons (Fsp3) is 0.250. The molecule has 0 saturated carbocycles. The van der Waals surface area contributed by atoms with Crippen LogP contribution in [0.3, 0.4) is 0 Å². The van der Waals surface area contributed by atoms with E-state index < -0.39 is 11.7 Å². The summed E-state index contributed by atoms with van der Waals surface area (Å²) in [6.45, 7) is 0.873. The molecule has 0 spiro atoms. The third kappa shape index (κ3) is 5.75. The zero-order chi connectivity index (χ0) is 25.8. The van der Waals surface area contributed by atoms with Crippen LogP contribution in [-0.4, -0.2) is 35.0 Å². The topological polar surface area (TPSA) is 84.7 Å². The lowest BCUT2D eigenvalue weighted by molar-refractivity contribution is -0.135. The second-order valence-electron chi connectivity index (χ2n) is 9.01. The summed E-state index contributed by atoms with van der Waals surface area (Å²) in [6.07, 6.45) is 1.05. The first-order valence-corrected chi connectivity index (χ1v) is 12.4. The minimum Gasteiger partial charge on any atom is -0.438 e. The number of hydrogen-bond donors (Lipinski definition) is 1. The van der Waals surface area contributed by atoms with Crippen LogP contribution in [0.2, 0.25) is 5.02 Å². The maximum absolute atomic E-state index is 13.1. The van der Waals surface area contributed by atoms with Crippen LogP contribution >= 0.6 is 11.6 Å². The van der Waals surface area contributed by atoms with Crippen LogP contribution in [0.25, 0.3) is 11.1 Å². The third-order valence-corrected chi connectivity index (χ3v) is 6.85. The average Bonchev–Trinajstić information content (AvgIpc) is 3.30. The van der Waals surface area contributed by atoms with Crippen LogP contribution in [-0.2, 0) is 21.6 Å². The number of likely N-dealkylation sites (tertiary alicyclic amines) is 1. The van der Waals surface area contributed by atoms with Gasteiger partial charge in [0.15, 0.2) is 5.58 Å². The summed E-state index contributed by atoms with van der Waals surface area (Å²) in [5, 5.41) is 3.09. The van der Waals surface area contributed by atoms with E-state index in [4.69, 9.17) is 20.8 Å². The van der Waals surface area contributed by atoms with E-state index in [9.17, 15) is 14.0 Å². The molecule has 1 aliphatic heterocycles. The number of piperidine rings is 1. The lowest BCUT2D eigenvalue weighted by Gasteiger charge is -2.41. The van der Waals surface area contributed by atoms with Crippen molar-refractivity contribution in [2.45, 2.75) is 31.3 Å². The van der Waals surface area contributed by atoms with Gasteiger partial charge in [-0.3, -0.25) is 4.79 Å². The summed E-state index contributed by atoms with van der Waals surface area (Å²) in [6, 6.07) is 20.7. The first kappa shape index (κ1) is 24.8. The Hall–Kier alpha value is -3.91. The molecule has 1 aliphatic rings. The highest BCUT2D eigenvalue weighted by molar-refractivity contribution is 6.31. The standard InChI is InChI=1S/C28H25ClFN3O4/c29-21-9-12-24-23(18-21)31-26(36-24)32-27(35)37-28(20-4-2-1-3-5-20)14-16-33(17-15-28)25(34)13-8-19-6-10-22(30)11-7-19/h1-7,9-12,18H,8,13-17H2,(H,31,32,35). The number of nitrogens with one attached hydrogen (secondary N) is 1. The van der Waals surface area contributed by atoms with Gasteiger partial charge in [-0.1, -0.05) is 54.1 Å². The van der Waals surface area contributed by atoms with Crippen LogP contribution in [0.4, 0.5) is 15.2 Å². The fourth-order valence-electron chi connectivity index (χ4n) is 4.61. The van der Waals surface area contributed by atoms with Crippen molar-refractivity contribution >= 4 is 40.7 Å². The van der Waals surface area contributed by atoms with Gasteiger partial charge in [-0.25, -0.2) is 14.5 Å². The molecule has 2 amide bonds. The first-order chi connectivity index (χ1) is 17.9. The predicted octanol–water partition coefficient (Wildman–Crippen LogP) is 6.32. The molecule has 2 heterocycles. The molecule has 1 fully saturated rings. The van der Waals surface area contributed by atoms with Crippen molar-refractivity contribution in [2.24, 2.45) is 0 Å². The van der Waals surface area contributed by atoms with Gasteiger partial charge in [-0.2, -0.15) is 4.98 Å². The highest BCUT2D eigenvalue weighted by Crippen LogP contribution is 2.37. The SMILES string of the molecule is O=C(Nc1nc2cc(Cl)ccc2o1)OC1(c2ccccc2)CCN(C(=O)CCc2ccc(F)cc2)CC1. The quantitative estimate of drug-likeness (QED) is 0.321. The largest absolute Gasteiger partial charge is 0.438 e. The molecule has 1 N–H and O–H groups in total. The van der Waals surface area contributed by atoms with Crippen LogP contribution in [0, 0.1) is 5.82 Å². The monoisotopic (exact) mass is 521 g/mol. The number of nitrogens with zero attached hydrogens (tertiary/aromatic N) is 2. The van der Waals surface area contributed by atoms with Gasteiger partial charge in [0.25, 0.3) is 0 Å². The number of aryl methyl sites for hydroxylation is 1. The molecule has 1 aromatic heterocycles. The third-order valence-electron chi connectivity index (χ3n) is 6.61. The van der Waals surface area contributed by atoms with E-state index in [1.807, 2.05) is 30.3 Å². The molecule has 37 heavy (non-hydrogen) atoms. The molecule has 5 rings (SSSR count). The summed E-state index contributed by atoms with van der Waals surface area (Å²) in [7, 11) is 0. The second-order valence-corrected chi connectivity index (χ2v) is 9.45. The van der Waals surface area contributed by atoms with Crippen LogP contribution in [0.1, 0.15) is 30.4 Å². The minimum atomic E-state index is -0.908. The molecule has 0 atom stereocenters. The van der Waals surface area contributed by atoms with Gasteiger partial charge in [-0.15, -0.1) is 0 Å². The number of fused-ring (bicyclic) bond motifs is 1. The number of carbonyl (C=O) groups excluding carboxylic acids is 2. The molecule has 4 aromatic rings. The zero-order valence-corrected chi connectivity index (χ0v) is 20.7. The van der Waals surface area contributed by atoms with E-state index in [0.29, 0.717) is 54.9 Å². The number of halogens is 2. The Bertz CT molecular complexity index is 1400. The van der Waals surface area contributed by atoms with Gasteiger partial charge in [0.1, 0.15) is 16.9 Å². The summed E-state index contributed by atoms with van der Waals surface area (Å²) in [5.41, 5.74) is 1.87. The number of rotatable bonds is 6. The van der Waals surface area contributed by atoms with E-state index in [-0.39, 0.29) is 17.7 Å². The molecule has 1 saturated heterocycles. The summed E-state index contributed by atoms with van der Waals surface area (Å²) in [4.78, 5) is 31.8. The average molecular weight is 522 g/mol. The number of oxazole rings is 1. The first-order valence-electron chi connectivity index (χ1n) is 12.0. The van der Waals surface area contributed by atoms with Crippen molar-refractivity contribution in [1.29, 1.82) is 0 Å². The Labute approximate surface area is 218 Å². The molecule has 0 radical (unpaired) electrons. The highest BCUT2D eigenvalue weighted by atomic mass is 35.5. The minimum absolute atomic E-state index is 0.0129. The van der Waals surface area contributed by atoms with Crippen molar-refractivity contribution in [3.05, 3.63) is 94.8 Å². The zero-order valence-electron chi connectivity index (χ0n) is 20.0. The lowest BCUT2D eigenvalue weighted by atomic mass is 9.84. The van der Waals surface area contributed by atoms with Crippen LogP contribution in [0.15, 0.2) is 77.2 Å². The van der Waals surface area contributed by atoms with Gasteiger partial charge in [0.2, 0.25) is 5.91 Å². The Balaban J connectivity index is 1.25. The number of anilines is 1. The second kappa shape index (κ2) is 10.6. The number of benzene rings is 3. The molecule has 0 unspecified atom stereocenters. The normalized spacial score (nSPS) is 14.9.